The van der Waals surface area contributed by atoms with Crippen LogP contribution < -0.4 is 10.6 Å². The van der Waals surface area contributed by atoms with Gasteiger partial charge in [0.2, 0.25) is 11.9 Å². The van der Waals surface area contributed by atoms with Crippen LogP contribution in [0.1, 0.15) is 53.0 Å². The predicted octanol–water partition coefficient (Wildman–Crippen LogP) is 6.13. The Hall–Kier alpha value is -2.82. The van der Waals surface area contributed by atoms with Crippen molar-refractivity contribution in [3.8, 4) is 0 Å². The van der Waals surface area contributed by atoms with Crippen LogP contribution in [0.25, 0.3) is 11.0 Å². The summed E-state index contributed by atoms with van der Waals surface area (Å²) in [6.07, 6.45) is 3.58. The Balaban J connectivity index is 1.69. The SMILES string of the molecule is CC(=O)Nc1ccc(Nc2nc3ccccc3n2[C@H]2C[C@@H](C)CC(C)(C)C2)cc1. The molecule has 3 aromatic rings. The molecule has 2 atom stereocenters. The van der Waals surface area contributed by atoms with Gasteiger partial charge in [-0.3, -0.25) is 4.79 Å². The van der Waals surface area contributed by atoms with E-state index in [-0.39, 0.29) is 5.91 Å². The Morgan fingerprint density at radius 3 is 2.45 bits per heavy atom. The minimum absolute atomic E-state index is 0.0680. The quantitative estimate of drug-likeness (QED) is 0.564. The Morgan fingerprint density at radius 2 is 1.76 bits per heavy atom. The van der Waals surface area contributed by atoms with Gasteiger partial charge in [-0.2, -0.15) is 0 Å². The molecule has 1 saturated carbocycles. The number of hydrogen-bond donors (Lipinski definition) is 2. The summed E-state index contributed by atoms with van der Waals surface area (Å²) in [6.45, 7) is 8.63. The molecule has 2 N–H and O–H groups in total. The lowest BCUT2D eigenvalue weighted by Gasteiger charge is -2.40. The molecule has 2 aromatic carbocycles. The van der Waals surface area contributed by atoms with Crippen molar-refractivity contribution in [3.63, 3.8) is 0 Å². The first-order valence-electron chi connectivity index (χ1n) is 10.4. The number of carbonyl (C=O) groups is 1. The normalized spacial score (nSPS) is 21.1. The second-order valence-electron chi connectivity index (χ2n) is 9.24. The maximum absolute atomic E-state index is 11.2. The minimum atomic E-state index is -0.0680. The largest absolute Gasteiger partial charge is 0.326 e. The highest BCUT2D eigenvalue weighted by atomic mass is 16.1. The Kier molecular flexibility index (Phi) is 5.07. The fourth-order valence-electron chi connectivity index (χ4n) is 4.96. The van der Waals surface area contributed by atoms with E-state index in [0.29, 0.717) is 17.4 Å². The van der Waals surface area contributed by atoms with Gasteiger partial charge in [0, 0.05) is 24.3 Å². The maximum atomic E-state index is 11.2. The maximum Gasteiger partial charge on any atom is 0.221 e. The van der Waals surface area contributed by atoms with Crippen LogP contribution >= 0.6 is 0 Å². The van der Waals surface area contributed by atoms with Gasteiger partial charge in [0.25, 0.3) is 0 Å². The topological polar surface area (TPSA) is 59.0 Å². The molecule has 0 aliphatic heterocycles. The Labute approximate surface area is 172 Å². The van der Waals surface area contributed by atoms with Gasteiger partial charge < -0.3 is 15.2 Å². The van der Waals surface area contributed by atoms with Crippen molar-refractivity contribution in [1.29, 1.82) is 0 Å². The van der Waals surface area contributed by atoms with E-state index >= 15 is 0 Å². The highest BCUT2D eigenvalue weighted by Crippen LogP contribution is 2.46. The summed E-state index contributed by atoms with van der Waals surface area (Å²) in [6, 6.07) is 16.6. The van der Waals surface area contributed by atoms with E-state index < -0.39 is 0 Å². The first kappa shape index (κ1) is 19.5. The van der Waals surface area contributed by atoms with Crippen LogP contribution in [0, 0.1) is 11.3 Å². The van der Waals surface area contributed by atoms with Crippen molar-refractivity contribution in [2.24, 2.45) is 11.3 Å². The van der Waals surface area contributed by atoms with Crippen molar-refractivity contribution in [2.75, 3.05) is 10.6 Å². The van der Waals surface area contributed by atoms with Gasteiger partial charge >= 0.3 is 0 Å². The van der Waals surface area contributed by atoms with Gasteiger partial charge in [-0.1, -0.05) is 32.9 Å². The van der Waals surface area contributed by atoms with Crippen molar-refractivity contribution >= 4 is 34.3 Å². The van der Waals surface area contributed by atoms with E-state index in [4.69, 9.17) is 4.98 Å². The summed E-state index contributed by atoms with van der Waals surface area (Å²) in [7, 11) is 0. The van der Waals surface area contributed by atoms with E-state index in [1.54, 1.807) is 0 Å². The molecule has 1 aliphatic rings. The van der Waals surface area contributed by atoms with E-state index in [1.165, 1.54) is 25.3 Å². The zero-order valence-corrected chi connectivity index (χ0v) is 17.7. The monoisotopic (exact) mass is 390 g/mol. The molecule has 1 fully saturated rings. The molecule has 5 nitrogen and oxygen atoms in total. The first-order chi connectivity index (χ1) is 13.8. The second kappa shape index (κ2) is 7.54. The molecule has 4 rings (SSSR count). The Morgan fingerprint density at radius 1 is 1.07 bits per heavy atom. The Bertz CT molecular complexity index is 1020. The fraction of sp³-hybridized carbons (Fsp3) is 0.417. The number of rotatable bonds is 4. The van der Waals surface area contributed by atoms with Crippen LogP contribution in [-0.2, 0) is 4.79 Å². The molecule has 1 aromatic heterocycles. The molecule has 0 bridgehead atoms. The average molecular weight is 391 g/mol. The second-order valence-corrected chi connectivity index (χ2v) is 9.24. The summed E-state index contributed by atoms with van der Waals surface area (Å²) in [5, 5.41) is 6.33. The highest BCUT2D eigenvalue weighted by molar-refractivity contribution is 5.89. The molecule has 1 aliphatic carbocycles. The zero-order chi connectivity index (χ0) is 20.6. The van der Waals surface area contributed by atoms with Gasteiger partial charge in [-0.15, -0.1) is 0 Å². The van der Waals surface area contributed by atoms with Gasteiger partial charge in [0.15, 0.2) is 0 Å². The van der Waals surface area contributed by atoms with Crippen LogP contribution in [0.4, 0.5) is 17.3 Å². The highest BCUT2D eigenvalue weighted by Gasteiger charge is 2.34. The molecule has 152 valence electrons. The molecule has 0 unspecified atom stereocenters. The number of aromatic nitrogens is 2. The molecule has 0 radical (unpaired) electrons. The zero-order valence-electron chi connectivity index (χ0n) is 17.7. The fourth-order valence-corrected chi connectivity index (χ4v) is 4.96. The number of carbonyl (C=O) groups excluding carboxylic acids is 1. The number of nitrogens with one attached hydrogen (secondary N) is 2. The van der Waals surface area contributed by atoms with E-state index in [9.17, 15) is 4.79 Å². The summed E-state index contributed by atoms with van der Waals surface area (Å²) in [4.78, 5) is 16.2. The standard InChI is InChI=1S/C24H30N4O/c1-16-13-20(15-24(3,4)14-16)28-22-8-6-5-7-21(22)27-23(28)26-19-11-9-18(10-12-19)25-17(2)29/h5-12,16,20H,13-15H2,1-4H3,(H,25,29)(H,26,27)/t16-,20+/m1/s1. The number of imidazole rings is 1. The lowest BCUT2D eigenvalue weighted by Crippen LogP contribution is -2.29. The first-order valence-corrected chi connectivity index (χ1v) is 10.4. The third kappa shape index (κ3) is 4.29. The van der Waals surface area contributed by atoms with Crippen molar-refractivity contribution < 1.29 is 4.79 Å². The van der Waals surface area contributed by atoms with Crippen LogP contribution in [0.3, 0.4) is 0 Å². The molecule has 1 heterocycles. The van der Waals surface area contributed by atoms with E-state index in [2.05, 4.69) is 54.2 Å². The number of hydrogen-bond acceptors (Lipinski definition) is 3. The third-order valence-electron chi connectivity index (χ3n) is 5.79. The number of fused-ring (bicyclic) bond motifs is 1. The number of nitrogens with zero attached hydrogens (tertiary/aromatic N) is 2. The average Bonchev–Trinajstić information content (AvgIpc) is 2.99. The smallest absolute Gasteiger partial charge is 0.221 e. The molecule has 0 spiro atoms. The summed E-state index contributed by atoms with van der Waals surface area (Å²) < 4.78 is 2.40. The summed E-state index contributed by atoms with van der Waals surface area (Å²) >= 11 is 0. The van der Waals surface area contributed by atoms with Gasteiger partial charge in [-0.25, -0.2) is 4.98 Å². The minimum Gasteiger partial charge on any atom is -0.326 e. The van der Waals surface area contributed by atoms with Crippen LogP contribution in [0.5, 0.6) is 0 Å². The van der Waals surface area contributed by atoms with Crippen LogP contribution in [0.15, 0.2) is 48.5 Å². The number of anilines is 3. The van der Waals surface area contributed by atoms with Crippen molar-refractivity contribution in [1.82, 2.24) is 9.55 Å². The molecular weight excluding hydrogens is 360 g/mol. The molecular formula is C24H30N4O. The van der Waals surface area contributed by atoms with Crippen LogP contribution in [-0.4, -0.2) is 15.5 Å². The van der Waals surface area contributed by atoms with E-state index in [1.807, 2.05) is 30.3 Å². The molecule has 1 amide bonds. The predicted molar refractivity (Wildman–Crippen MR) is 120 cm³/mol. The summed E-state index contributed by atoms with van der Waals surface area (Å²) in [5.74, 6) is 1.50. The number of para-hydroxylation sites is 2. The van der Waals surface area contributed by atoms with Gasteiger partial charge in [0.05, 0.1) is 11.0 Å². The lowest BCUT2D eigenvalue weighted by atomic mass is 9.70. The van der Waals surface area contributed by atoms with Crippen molar-refractivity contribution in [2.45, 2.75) is 53.0 Å². The number of amides is 1. The lowest BCUT2D eigenvalue weighted by molar-refractivity contribution is -0.114. The van der Waals surface area contributed by atoms with Gasteiger partial charge in [-0.05, 0) is 67.0 Å². The summed E-state index contributed by atoms with van der Waals surface area (Å²) in [5.41, 5.74) is 4.27. The van der Waals surface area contributed by atoms with Gasteiger partial charge in [0.1, 0.15) is 0 Å². The molecule has 29 heavy (non-hydrogen) atoms. The number of benzene rings is 2. The molecule has 0 saturated heterocycles. The van der Waals surface area contributed by atoms with Crippen LogP contribution in [0.2, 0.25) is 0 Å². The molecule has 5 heteroatoms. The van der Waals surface area contributed by atoms with E-state index in [0.717, 1.165) is 29.3 Å². The van der Waals surface area contributed by atoms with Crippen molar-refractivity contribution in [3.05, 3.63) is 48.5 Å². The third-order valence-corrected chi connectivity index (χ3v) is 5.79.